The molecule has 3 rings (SSSR count). The molecule has 2 aromatic carbocycles. The van der Waals surface area contributed by atoms with Gasteiger partial charge in [-0.2, -0.15) is 0 Å². The van der Waals surface area contributed by atoms with E-state index in [2.05, 4.69) is 0 Å². The van der Waals surface area contributed by atoms with Crippen molar-refractivity contribution in [1.82, 2.24) is 4.90 Å². The first-order chi connectivity index (χ1) is 13.5. The van der Waals surface area contributed by atoms with Gasteiger partial charge >= 0.3 is 0 Å². The minimum absolute atomic E-state index is 0.0588. The highest BCUT2D eigenvalue weighted by molar-refractivity contribution is 6.42. The number of hydrogen-bond acceptors (Lipinski definition) is 3. The van der Waals surface area contributed by atoms with E-state index in [1.807, 2.05) is 0 Å². The normalized spacial score (nSPS) is 15.0. The summed E-state index contributed by atoms with van der Waals surface area (Å²) >= 11 is 11.9. The third-order valence-electron chi connectivity index (χ3n) is 4.91. The minimum atomic E-state index is -0.0681. The Morgan fingerprint density at radius 3 is 2.32 bits per heavy atom. The monoisotopic (exact) mass is 417 g/mol. The van der Waals surface area contributed by atoms with Gasteiger partial charge in [0.15, 0.2) is 5.78 Å². The standard InChI is InChI=1S/C22H21Cl2NO3/c1-28-18-6-4-16(5-7-18)22(27)17-10-12-25(13-11-17)21(26)9-3-15-2-8-19(23)20(24)14-15/h2-9,14,17H,10-13H2,1H3. The zero-order valence-electron chi connectivity index (χ0n) is 15.5. The molecule has 146 valence electrons. The number of benzene rings is 2. The number of rotatable bonds is 5. The average Bonchev–Trinajstić information content (AvgIpc) is 2.74. The number of amides is 1. The largest absolute Gasteiger partial charge is 0.497 e. The lowest BCUT2D eigenvalue weighted by atomic mass is 9.89. The highest BCUT2D eigenvalue weighted by Crippen LogP contribution is 2.25. The third-order valence-corrected chi connectivity index (χ3v) is 5.65. The first kappa shape index (κ1) is 20.4. The SMILES string of the molecule is COc1ccc(C(=O)C2CCN(C(=O)C=Cc3ccc(Cl)c(Cl)c3)CC2)cc1. The second-order valence-corrected chi connectivity index (χ2v) is 7.51. The zero-order chi connectivity index (χ0) is 20.1. The Kier molecular flexibility index (Phi) is 6.76. The molecule has 0 unspecified atom stereocenters. The second-order valence-electron chi connectivity index (χ2n) is 6.70. The molecule has 0 atom stereocenters. The first-order valence-corrected chi connectivity index (χ1v) is 9.84. The van der Waals surface area contributed by atoms with Crippen LogP contribution in [0, 0.1) is 5.92 Å². The van der Waals surface area contributed by atoms with Crippen molar-refractivity contribution in [3.05, 3.63) is 69.7 Å². The lowest BCUT2D eigenvalue weighted by molar-refractivity contribution is -0.127. The molecule has 4 nitrogen and oxygen atoms in total. The Labute approximate surface area is 174 Å². The quantitative estimate of drug-likeness (QED) is 0.499. The van der Waals surface area contributed by atoms with Crippen molar-refractivity contribution in [1.29, 1.82) is 0 Å². The summed E-state index contributed by atoms with van der Waals surface area (Å²) in [4.78, 5) is 26.9. The number of carbonyl (C=O) groups is 2. The van der Waals surface area contributed by atoms with Crippen molar-refractivity contribution in [2.45, 2.75) is 12.8 Å². The molecule has 1 saturated heterocycles. The molecule has 1 heterocycles. The van der Waals surface area contributed by atoms with Gasteiger partial charge in [0.1, 0.15) is 5.75 Å². The first-order valence-electron chi connectivity index (χ1n) is 9.08. The molecule has 2 aromatic rings. The van der Waals surface area contributed by atoms with E-state index < -0.39 is 0 Å². The van der Waals surface area contributed by atoms with Crippen LogP contribution in [0.15, 0.2) is 48.5 Å². The summed E-state index contributed by atoms with van der Waals surface area (Å²) in [6.07, 6.45) is 4.58. The fourth-order valence-electron chi connectivity index (χ4n) is 3.24. The van der Waals surface area contributed by atoms with Crippen molar-refractivity contribution in [3.8, 4) is 5.75 Å². The number of likely N-dealkylation sites (tertiary alicyclic amines) is 1. The van der Waals surface area contributed by atoms with Crippen molar-refractivity contribution in [2.24, 2.45) is 5.92 Å². The fraction of sp³-hybridized carbons (Fsp3) is 0.273. The van der Waals surface area contributed by atoms with Gasteiger partial charge in [-0.05, 0) is 60.9 Å². The van der Waals surface area contributed by atoms with Gasteiger partial charge in [-0.1, -0.05) is 29.3 Å². The lowest BCUT2D eigenvalue weighted by Gasteiger charge is -2.30. The van der Waals surface area contributed by atoms with Crippen LogP contribution in [0.4, 0.5) is 0 Å². The third kappa shape index (κ3) is 4.94. The Balaban J connectivity index is 1.55. The van der Waals surface area contributed by atoms with Crippen molar-refractivity contribution in [2.75, 3.05) is 20.2 Å². The summed E-state index contributed by atoms with van der Waals surface area (Å²) in [6, 6.07) is 12.4. The number of ketones is 1. The van der Waals surface area contributed by atoms with Gasteiger partial charge in [0.05, 0.1) is 17.2 Å². The van der Waals surface area contributed by atoms with Gasteiger partial charge in [0, 0.05) is 30.6 Å². The van der Waals surface area contributed by atoms with Crippen molar-refractivity contribution < 1.29 is 14.3 Å². The molecular weight excluding hydrogens is 397 g/mol. The predicted octanol–water partition coefficient (Wildman–Crippen LogP) is 5.14. The van der Waals surface area contributed by atoms with E-state index in [9.17, 15) is 9.59 Å². The van der Waals surface area contributed by atoms with E-state index in [0.29, 0.717) is 41.5 Å². The molecule has 1 amide bonds. The van der Waals surface area contributed by atoms with Crippen molar-refractivity contribution >= 4 is 41.0 Å². The van der Waals surface area contributed by atoms with Gasteiger partial charge in [-0.3, -0.25) is 9.59 Å². The van der Waals surface area contributed by atoms with Crippen LogP contribution in [-0.4, -0.2) is 36.8 Å². The topological polar surface area (TPSA) is 46.6 Å². The van der Waals surface area contributed by atoms with Crippen LogP contribution in [0.3, 0.4) is 0 Å². The van der Waals surface area contributed by atoms with Gasteiger partial charge in [0.2, 0.25) is 5.91 Å². The number of halogens is 2. The number of Topliss-reactive ketones (excluding diaryl/α,β-unsaturated/α-hetero) is 1. The van der Waals surface area contributed by atoms with Crippen LogP contribution in [0.1, 0.15) is 28.8 Å². The molecule has 0 N–H and O–H groups in total. The van der Waals surface area contributed by atoms with Crippen LogP contribution in [0.5, 0.6) is 5.75 Å². The zero-order valence-corrected chi connectivity index (χ0v) is 17.0. The summed E-state index contributed by atoms with van der Waals surface area (Å²) in [6.45, 7) is 1.13. The Morgan fingerprint density at radius 2 is 1.71 bits per heavy atom. The molecule has 6 heteroatoms. The molecule has 0 saturated carbocycles. The highest BCUT2D eigenvalue weighted by atomic mass is 35.5. The number of ether oxygens (including phenoxy) is 1. The van der Waals surface area contributed by atoms with Crippen molar-refractivity contribution in [3.63, 3.8) is 0 Å². The number of methoxy groups -OCH3 is 1. The molecule has 0 aromatic heterocycles. The molecule has 1 fully saturated rings. The van der Waals surface area contributed by atoms with Crippen LogP contribution < -0.4 is 4.74 Å². The maximum Gasteiger partial charge on any atom is 0.246 e. The smallest absolute Gasteiger partial charge is 0.246 e. The van der Waals surface area contributed by atoms with E-state index in [0.717, 1.165) is 11.3 Å². The van der Waals surface area contributed by atoms with Crippen LogP contribution in [0.25, 0.3) is 6.08 Å². The molecule has 28 heavy (non-hydrogen) atoms. The van der Waals surface area contributed by atoms with Gasteiger partial charge < -0.3 is 9.64 Å². The Bertz CT molecular complexity index is 885. The van der Waals surface area contributed by atoms with E-state index in [4.69, 9.17) is 27.9 Å². The molecule has 0 spiro atoms. The minimum Gasteiger partial charge on any atom is -0.497 e. The molecule has 1 aliphatic heterocycles. The summed E-state index contributed by atoms with van der Waals surface area (Å²) in [5, 5.41) is 0.933. The molecule has 1 aliphatic rings. The summed E-state index contributed by atoms with van der Waals surface area (Å²) < 4.78 is 5.13. The van der Waals surface area contributed by atoms with Gasteiger partial charge in [0.25, 0.3) is 0 Å². The summed E-state index contributed by atoms with van der Waals surface area (Å²) in [5.74, 6) is 0.727. The Hall–Kier alpha value is -2.30. The van der Waals surface area contributed by atoms with E-state index in [-0.39, 0.29) is 17.6 Å². The highest BCUT2D eigenvalue weighted by Gasteiger charge is 2.27. The molecule has 0 radical (unpaired) electrons. The van der Waals surface area contributed by atoms with E-state index in [1.54, 1.807) is 60.6 Å². The predicted molar refractivity (Wildman–Crippen MR) is 112 cm³/mol. The lowest BCUT2D eigenvalue weighted by Crippen LogP contribution is -2.39. The van der Waals surface area contributed by atoms with E-state index >= 15 is 0 Å². The average molecular weight is 418 g/mol. The van der Waals surface area contributed by atoms with Crippen LogP contribution in [0.2, 0.25) is 10.0 Å². The number of nitrogens with zero attached hydrogens (tertiary/aromatic N) is 1. The van der Waals surface area contributed by atoms with Crippen LogP contribution in [-0.2, 0) is 4.79 Å². The number of carbonyl (C=O) groups excluding carboxylic acids is 2. The maximum atomic E-state index is 12.7. The molecular formula is C22H21Cl2NO3. The number of piperidine rings is 1. The fourth-order valence-corrected chi connectivity index (χ4v) is 3.55. The second kappa shape index (κ2) is 9.26. The van der Waals surface area contributed by atoms with Crippen LogP contribution >= 0.6 is 23.2 Å². The van der Waals surface area contributed by atoms with E-state index in [1.165, 1.54) is 6.08 Å². The maximum absolute atomic E-state index is 12.7. The van der Waals surface area contributed by atoms with Gasteiger partial charge in [-0.15, -0.1) is 0 Å². The Morgan fingerprint density at radius 1 is 1.04 bits per heavy atom. The molecule has 0 bridgehead atoms. The van der Waals surface area contributed by atoms with Gasteiger partial charge in [-0.25, -0.2) is 0 Å². The summed E-state index contributed by atoms with van der Waals surface area (Å²) in [7, 11) is 1.60. The molecule has 0 aliphatic carbocycles. The number of hydrogen-bond donors (Lipinski definition) is 0. The summed E-state index contributed by atoms with van der Waals surface area (Å²) in [5.41, 5.74) is 1.50.